The van der Waals surface area contributed by atoms with Crippen molar-refractivity contribution in [2.45, 2.75) is 6.04 Å². The van der Waals surface area contributed by atoms with E-state index in [0.717, 1.165) is 24.5 Å². The Morgan fingerprint density at radius 3 is 2.35 bits per heavy atom. The van der Waals surface area contributed by atoms with E-state index in [2.05, 4.69) is 47.8 Å². The van der Waals surface area contributed by atoms with Crippen molar-refractivity contribution in [1.82, 2.24) is 0 Å². The lowest BCUT2D eigenvalue weighted by atomic mass is 9.99. The lowest BCUT2D eigenvalue weighted by Gasteiger charge is -2.19. The third kappa shape index (κ3) is 3.39. The number of nitrogens with two attached hydrogens (primary N) is 1. The quantitative estimate of drug-likeness (QED) is 0.608. The lowest BCUT2D eigenvalue weighted by molar-refractivity contribution is 0.405. The van der Waals surface area contributed by atoms with Gasteiger partial charge in [-0.05, 0) is 45.8 Å². The van der Waals surface area contributed by atoms with E-state index in [-0.39, 0.29) is 6.04 Å². The molecular formula is C14H11Br3ClNO. The second kappa shape index (κ2) is 6.79. The minimum atomic E-state index is -0.345. The minimum Gasteiger partial charge on any atom is -0.495 e. The molecule has 0 fully saturated rings. The summed E-state index contributed by atoms with van der Waals surface area (Å²) in [5.74, 6) is 0.691. The Morgan fingerprint density at radius 2 is 1.75 bits per heavy atom. The van der Waals surface area contributed by atoms with Crippen LogP contribution in [-0.4, -0.2) is 7.11 Å². The number of benzene rings is 2. The molecule has 0 aliphatic heterocycles. The van der Waals surface area contributed by atoms with Gasteiger partial charge in [0, 0.05) is 19.5 Å². The molecule has 106 valence electrons. The Bertz CT molecular complexity index is 649. The molecule has 2 aromatic rings. The molecule has 2 rings (SSSR count). The van der Waals surface area contributed by atoms with Crippen molar-refractivity contribution >= 4 is 59.4 Å². The van der Waals surface area contributed by atoms with Gasteiger partial charge in [-0.15, -0.1) is 0 Å². The first-order valence-electron chi connectivity index (χ1n) is 5.67. The van der Waals surface area contributed by atoms with E-state index in [1.165, 1.54) is 0 Å². The number of hydrogen-bond acceptors (Lipinski definition) is 2. The second-order valence-electron chi connectivity index (χ2n) is 4.15. The molecule has 0 heterocycles. The number of rotatable bonds is 3. The van der Waals surface area contributed by atoms with Crippen molar-refractivity contribution in [1.29, 1.82) is 0 Å². The molecule has 0 aliphatic rings. The first-order chi connectivity index (χ1) is 9.43. The summed E-state index contributed by atoms with van der Waals surface area (Å²) < 4.78 is 8.12. The van der Waals surface area contributed by atoms with Crippen LogP contribution in [0.5, 0.6) is 5.75 Å². The summed E-state index contributed by atoms with van der Waals surface area (Å²) in [4.78, 5) is 0. The molecule has 0 aromatic heterocycles. The Hall–Kier alpha value is -0.0700. The van der Waals surface area contributed by atoms with Gasteiger partial charge in [-0.3, -0.25) is 0 Å². The summed E-state index contributed by atoms with van der Waals surface area (Å²) in [7, 11) is 1.61. The number of halogens is 4. The van der Waals surface area contributed by atoms with Crippen molar-refractivity contribution in [3.05, 3.63) is 59.9 Å². The fraction of sp³-hybridized carbons (Fsp3) is 0.143. The van der Waals surface area contributed by atoms with Gasteiger partial charge in [0.15, 0.2) is 0 Å². The maximum Gasteiger partial charge on any atom is 0.138 e. The summed E-state index contributed by atoms with van der Waals surface area (Å²) in [5.41, 5.74) is 8.16. The molecule has 1 atom stereocenters. The van der Waals surface area contributed by atoms with Crippen LogP contribution in [0.4, 0.5) is 0 Å². The molecule has 0 saturated carbocycles. The molecule has 0 bridgehead atoms. The van der Waals surface area contributed by atoms with Gasteiger partial charge in [0.25, 0.3) is 0 Å². The average Bonchev–Trinajstić information content (AvgIpc) is 2.37. The highest BCUT2D eigenvalue weighted by atomic mass is 79.9. The van der Waals surface area contributed by atoms with E-state index >= 15 is 0 Å². The van der Waals surface area contributed by atoms with Crippen LogP contribution >= 0.6 is 59.4 Å². The zero-order valence-electron chi connectivity index (χ0n) is 10.5. The monoisotopic (exact) mass is 481 g/mol. The molecule has 2 aromatic carbocycles. The van der Waals surface area contributed by atoms with Gasteiger partial charge in [0.05, 0.1) is 17.6 Å². The smallest absolute Gasteiger partial charge is 0.138 e. The highest BCUT2D eigenvalue weighted by Crippen LogP contribution is 2.39. The summed E-state index contributed by atoms with van der Waals surface area (Å²) in [6.45, 7) is 0. The highest BCUT2D eigenvalue weighted by Gasteiger charge is 2.19. The molecule has 20 heavy (non-hydrogen) atoms. The van der Waals surface area contributed by atoms with Crippen LogP contribution < -0.4 is 10.5 Å². The highest BCUT2D eigenvalue weighted by molar-refractivity contribution is 9.11. The normalized spacial score (nSPS) is 12.3. The largest absolute Gasteiger partial charge is 0.495 e. The zero-order valence-corrected chi connectivity index (χ0v) is 16.0. The van der Waals surface area contributed by atoms with Crippen LogP contribution in [0.25, 0.3) is 0 Å². The topological polar surface area (TPSA) is 35.2 Å². The molecule has 0 saturated heterocycles. The van der Waals surface area contributed by atoms with Crippen LogP contribution in [0.1, 0.15) is 17.2 Å². The molecule has 1 unspecified atom stereocenters. The maximum atomic E-state index is 6.38. The van der Waals surface area contributed by atoms with E-state index in [1.54, 1.807) is 13.2 Å². The van der Waals surface area contributed by atoms with Crippen molar-refractivity contribution in [3.8, 4) is 5.75 Å². The third-order valence-electron chi connectivity index (χ3n) is 2.87. The van der Waals surface area contributed by atoms with E-state index in [0.29, 0.717) is 10.8 Å². The molecule has 0 amide bonds. The van der Waals surface area contributed by atoms with Crippen molar-refractivity contribution in [2.24, 2.45) is 5.73 Å². The number of methoxy groups -OCH3 is 1. The van der Waals surface area contributed by atoms with E-state index in [4.69, 9.17) is 22.1 Å². The fourth-order valence-corrected chi connectivity index (χ4v) is 4.24. The van der Waals surface area contributed by atoms with Gasteiger partial charge >= 0.3 is 0 Å². The average molecular weight is 484 g/mol. The first kappa shape index (κ1) is 16.3. The zero-order chi connectivity index (χ0) is 14.9. The van der Waals surface area contributed by atoms with Crippen LogP contribution in [0, 0.1) is 0 Å². The van der Waals surface area contributed by atoms with Crippen molar-refractivity contribution in [3.63, 3.8) is 0 Å². The lowest BCUT2D eigenvalue weighted by Crippen LogP contribution is -2.14. The van der Waals surface area contributed by atoms with Gasteiger partial charge in [-0.25, -0.2) is 0 Å². The first-order valence-corrected chi connectivity index (χ1v) is 8.43. The minimum absolute atomic E-state index is 0.345. The Kier molecular flexibility index (Phi) is 5.54. The Labute approximate surface area is 148 Å². The van der Waals surface area contributed by atoms with E-state index < -0.39 is 0 Å². The molecule has 2 N–H and O–H groups in total. The maximum absolute atomic E-state index is 6.38. The van der Waals surface area contributed by atoms with Gasteiger partial charge in [0.1, 0.15) is 5.75 Å². The molecule has 0 spiro atoms. The molecular weight excluding hydrogens is 473 g/mol. The molecule has 2 nitrogen and oxygen atoms in total. The van der Waals surface area contributed by atoms with Crippen LogP contribution in [0.3, 0.4) is 0 Å². The van der Waals surface area contributed by atoms with Gasteiger partial charge in [-0.1, -0.05) is 49.5 Å². The summed E-state index contributed by atoms with van der Waals surface area (Å²) in [6.07, 6.45) is 0. The van der Waals surface area contributed by atoms with E-state index in [1.807, 2.05) is 24.3 Å². The molecule has 6 heteroatoms. The summed E-state index contributed by atoms with van der Waals surface area (Å²) >= 11 is 16.5. The summed E-state index contributed by atoms with van der Waals surface area (Å²) in [5, 5.41) is 0.608. The van der Waals surface area contributed by atoms with Crippen LogP contribution in [0.15, 0.2) is 43.7 Å². The van der Waals surface area contributed by atoms with Gasteiger partial charge < -0.3 is 10.5 Å². The molecule has 0 radical (unpaired) electrons. The number of hydrogen-bond donors (Lipinski definition) is 1. The fourth-order valence-electron chi connectivity index (χ4n) is 1.95. The number of ether oxygens (including phenoxy) is 1. The van der Waals surface area contributed by atoms with Crippen LogP contribution in [-0.2, 0) is 0 Å². The standard InChI is InChI=1S/C14H11Br3ClNO/c1-20-14-10(5-8(18)6-12(14)17)13(19)9-3-2-7(15)4-11(9)16/h2-6,13H,19H2,1H3. The van der Waals surface area contributed by atoms with Crippen molar-refractivity contribution in [2.75, 3.05) is 7.11 Å². The predicted molar refractivity (Wildman–Crippen MR) is 93.6 cm³/mol. The predicted octanol–water partition coefficient (Wildman–Crippen LogP) is 5.68. The summed E-state index contributed by atoms with van der Waals surface area (Å²) in [6, 6.07) is 9.14. The van der Waals surface area contributed by atoms with Gasteiger partial charge in [0.2, 0.25) is 0 Å². The molecule has 0 aliphatic carbocycles. The van der Waals surface area contributed by atoms with Crippen LogP contribution in [0.2, 0.25) is 5.02 Å². The van der Waals surface area contributed by atoms with E-state index in [9.17, 15) is 0 Å². The van der Waals surface area contributed by atoms with Crippen molar-refractivity contribution < 1.29 is 4.74 Å². The SMILES string of the molecule is COc1c(Br)cc(Cl)cc1C(N)c1ccc(Br)cc1Br. The second-order valence-corrected chi connectivity index (χ2v) is 7.21. The Balaban J connectivity index is 2.55. The Morgan fingerprint density at radius 1 is 1.05 bits per heavy atom. The third-order valence-corrected chi connectivity index (χ3v) is 4.86. The van der Waals surface area contributed by atoms with Gasteiger partial charge in [-0.2, -0.15) is 0 Å².